The van der Waals surface area contributed by atoms with E-state index in [-0.39, 0.29) is 0 Å². The molecule has 1 saturated heterocycles. The largest absolute Gasteiger partial charge is 0.315 e. The quantitative estimate of drug-likeness (QED) is 0.711. The van der Waals surface area contributed by atoms with E-state index in [0.29, 0.717) is 11.6 Å². The van der Waals surface area contributed by atoms with E-state index in [4.69, 9.17) is 0 Å². The van der Waals surface area contributed by atoms with Gasteiger partial charge in [0.25, 0.3) is 0 Å². The van der Waals surface area contributed by atoms with E-state index in [2.05, 4.69) is 45.0 Å². The smallest absolute Gasteiger partial charge is 0.0357 e. The highest BCUT2D eigenvalue weighted by atomic mass is 15.2. The zero-order valence-electron chi connectivity index (χ0n) is 13.3. The Kier molecular flexibility index (Phi) is 6.65. The molecule has 0 aromatic heterocycles. The molecule has 1 atom stereocenters. The summed E-state index contributed by atoms with van der Waals surface area (Å²) in [5.74, 6) is 0.811. The molecular weight excluding hydrogens is 220 g/mol. The highest BCUT2D eigenvalue weighted by Crippen LogP contribution is 2.33. The van der Waals surface area contributed by atoms with Crippen LogP contribution in [0.15, 0.2) is 0 Å². The van der Waals surface area contributed by atoms with Crippen molar-refractivity contribution in [2.24, 2.45) is 5.92 Å². The summed E-state index contributed by atoms with van der Waals surface area (Å²) >= 11 is 0. The van der Waals surface area contributed by atoms with Gasteiger partial charge in [-0.3, -0.25) is 4.90 Å². The molecule has 108 valence electrons. The second-order valence-corrected chi connectivity index (χ2v) is 6.32. The van der Waals surface area contributed by atoms with Crippen molar-refractivity contribution >= 4 is 0 Å². The van der Waals surface area contributed by atoms with Crippen molar-refractivity contribution in [3.63, 3.8) is 0 Å². The van der Waals surface area contributed by atoms with Gasteiger partial charge in [-0.15, -0.1) is 0 Å². The Balaban J connectivity index is 2.78. The van der Waals surface area contributed by atoms with E-state index in [0.717, 1.165) is 5.92 Å². The van der Waals surface area contributed by atoms with Crippen LogP contribution in [0.2, 0.25) is 0 Å². The molecule has 0 radical (unpaired) electrons. The van der Waals surface area contributed by atoms with E-state index in [1.807, 2.05) is 0 Å². The maximum atomic E-state index is 3.64. The first-order chi connectivity index (χ1) is 8.60. The number of hydrogen-bond donors (Lipinski definition) is 1. The molecule has 0 aromatic rings. The van der Waals surface area contributed by atoms with Gasteiger partial charge in [-0.1, -0.05) is 27.7 Å². The summed E-state index contributed by atoms with van der Waals surface area (Å²) in [7, 11) is 2.15. The average Bonchev–Trinajstić information content (AvgIpc) is 2.88. The van der Waals surface area contributed by atoms with Crippen molar-refractivity contribution in [1.29, 1.82) is 0 Å². The zero-order valence-corrected chi connectivity index (χ0v) is 13.3. The first kappa shape index (κ1) is 16.0. The summed E-state index contributed by atoms with van der Waals surface area (Å²) in [6.07, 6.45) is 7.97. The van der Waals surface area contributed by atoms with Crippen LogP contribution >= 0.6 is 0 Å². The molecule has 1 aliphatic rings. The molecule has 18 heavy (non-hydrogen) atoms. The SMILES string of the molecule is CCC(CC)(C(CCC(C)C)NC)N1CCCC1. The van der Waals surface area contributed by atoms with E-state index in [9.17, 15) is 0 Å². The lowest BCUT2D eigenvalue weighted by atomic mass is 9.79. The van der Waals surface area contributed by atoms with Crippen LogP contribution in [-0.4, -0.2) is 36.6 Å². The predicted molar refractivity (Wildman–Crippen MR) is 81.0 cm³/mol. The number of likely N-dealkylation sites (N-methyl/N-ethyl adjacent to an activating group) is 1. The molecule has 0 bridgehead atoms. The Labute approximate surface area is 115 Å². The summed E-state index contributed by atoms with van der Waals surface area (Å²) in [6, 6.07) is 0.646. The highest BCUT2D eigenvalue weighted by molar-refractivity contribution is 4.99. The van der Waals surface area contributed by atoms with Gasteiger partial charge in [0.05, 0.1) is 0 Å². The van der Waals surface area contributed by atoms with Crippen LogP contribution in [-0.2, 0) is 0 Å². The van der Waals surface area contributed by atoms with Crippen LogP contribution in [0.25, 0.3) is 0 Å². The summed E-state index contributed by atoms with van der Waals surface area (Å²) in [4.78, 5) is 2.77. The van der Waals surface area contributed by atoms with E-state index < -0.39 is 0 Å². The van der Waals surface area contributed by atoms with Crippen molar-refractivity contribution in [3.8, 4) is 0 Å². The van der Waals surface area contributed by atoms with Gasteiger partial charge >= 0.3 is 0 Å². The topological polar surface area (TPSA) is 15.3 Å². The lowest BCUT2D eigenvalue weighted by Crippen LogP contribution is -2.59. The number of nitrogens with one attached hydrogen (secondary N) is 1. The van der Waals surface area contributed by atoms with Crippen molar-refractivity contribution < 1.29 is 0 Å². The van der Waals surface area contributed by atoms with Gasteiger partial charge in [0, 0.05) is 11.6 Å². The Morgan fingerprint density at radius 3 is 2.00 bits per heavy atom. The van der Waals surface area contributed by atoms with Crippen molar-refractivity contribution in [2.75, 3.05) is 20.1 Å². The molecule has 0 saturated carbocycles. The zero-order chi connectivity index (χ0) is 13.6. The molecule has 2 heteroatoms. The predicted octanol–water partition coefficient (Wildman–Crippen LogP) is 3.67. The minimum absolute atomic E-state index is 0.389. The lowest BCUT2D eigenvalue weighted by Gasteiger charge is -2.47. The van der Waals surface area contributed by atoms with Gasteiger partial charge in [0.1, 0.15) is 0 Å². The highest BCUT2D eigenvalue weighted by Gasteiger charge is 2.40. The third-order valence-corrected chi connectivity index (χ3v) is 4.99. The average molecular weight is 254 g/mol. The Morgan fingerprint density at radius 1 is 1.06 bits per heavy atom. The molecule has 2 nitrogen and oxygen atoms in total. The molecular formula is C16H34N2. The Bertz CT molecular complexity index is 215. The standard InChI is InChI=1S/C16H34N2/c1-6-16(7-2,18-12-8-9-13-18)15(17-5)11-10-14(3)4/h14-15,17H,6-13H2,1-5H3. The molecule has 0 aromatic carbocycles. The fraction of sp³-hybridized carbons (Fsp3) is 1.00. The first-order valence-electron chi connectivity index (χ1n) is 8.03. The molecule has 1 fully saturated rings. The van der Waals surface area contributed by atoms with Crippen molar-refractivity contribution in [1.82, 2.24) is 10.2 Å². The van der Waals surface area contributed by atoms with E-state index in [1.165, 1.54) is 51.6 Å². The van der Waals surface area contributed by atoms with Gasteiger partial charge in [-0.05, 0) is 64.6 Å². The maximum Gasteiger partial charge on any atom is 0.0357 e. The monoisotopic (exact) mass is 254 g/mol. The third-order valence-electron chi connectivity index (χ3n) is 4.99. The fourth-order valence-electron chi connectivity index (χ4n) is 3.75. The van der Waals surface area contributed by atoms with Gasteiger partial charge in [0.15, 0.2) is 0 Å². The number of nitrogens with zero attached hydrogens (tertiary/aromatic N) is 1. The minimum Gasteiger partial charge on any atom is -0.315 e. The van der Waals surface area contributed by atoms with Gasteiger partial charge < -0.3 is 5.32 Å². The molecule has 1 N–H and O–H groups in total. The Hall–Kier alpha value is -0.0800. The number of hydrogen-bond acceptors (Lipinski definition) is 2. The van der Waals surface area contributed by atoms with E-state index >= 15 is 0 Å². The molecule has 1 heterocycles. The summed E-state index contributed by atoms with van der Waals surface area (Å²) in [6.45, 7) is 12.0. The molecule has 0 amide bonds. The van der Waals surface area contributed by atoms with Crippen LogP contribution in [0.5, 0.6) is 0 Å². The minimum atomic E-state index is 0.389. The fourth-order valence-corrected chi connectivity index (χ4v) is 3.75. The number of likely N-dealkylation sites (tertiary alicyclic amines) is 1. The van der Waals surface area contributed by atoms with Gasteiger partial charge in [-0.2, -0.15) is 0 Å². The second-order valence-electron chi connectivity index (χ2n) is 6.32. The van der Waals surface area contributed by atoms with Gasteiger partial charge in [-0.25, -0.2) is 0 Å². The molecule has 0 aliphatic carbocycles. The van der Waals surface area contributed by atoms with E-state index in [1.54, 1.807) is 0 Å². The maximum absolute atomic E-state index is 3.64. The number of rotatable bonds is 8. The first-order valence-corrected chi connectivity index (χ1v) is 8.03. The van der Waals surface area contributed by atoms with Crippen LogP contribution in [0.4, 0.5) is 0 Å². The van der Waals surface area contributed by atoms with Crippen LogP contribution in [0.1, 0.15) is 66.2 Å². The second kappa shape index (κ2) is 7.49. The normalized spacial score (nSPS) is 19.7. The molecule has 1 aliphatic heterocycles. The Morgan fingerprint density at radius 2 is 1.61 bits per heavy atom. The third kappa shape index (κ3) is 3.48. The van der Waals surface area contributed by atoms with Gasteiger partial charge in [0.2, 0.25) is 0 Å². The van der Waals surface area contributed by atoms with Crippen molar-refractivity contribution in [3.05, 3.63) is 0 Å². The summed E-state index contributed by atoms with van der Waals surface area (Å²) in [5.41, 5.74) is 0.389. The summed E-state index contributed by atoms with van der Waals surface area (Å²) < 4.78 is 0. The lowest BCUT2D eigenvalue weighted by molar-refractivity contribution is 0.0595. The van der Waals surface area contributed by atoms with Crippen LogP contribution in [0.3, 0.4) is 0 Å². The molecule has 0 spiro atoms. The van der Waals surface area contributed by atoms with Crippen molar-refractivity contribution in [2.45, 2.75) is 77.8 Å². The van der Waals surface area contributed by atoms with Crippen LogP contribution in [0, 0.1) is 5.92 Å². The molecule has 1 rings (SSSR count). The van der Waals surface area contributed by atoms with Crippen LogP contribution < -0.4 is 5.32 Å². The molecule has 1 unspecified atom stereocenters. The summed E-state index contributed by atoms with van der Waals surface area (Å²) in [5, 5.41) is 3.64.